The molecule has 7 heteroatoms. The first-order valence-corrected chi connectivity index (χ1v) is 12.3. The molecule has 0 saturated heterocycles. The highest BCUT2D eigenvalue weighted by Gasteiger charge is 2.36. The SMILES string of the molecule is Cn1cc(C(=O)C(C)(NCCc2ccc(S(N)(=O)=O)cc2)c2ccccc2)c2ccccc21. The predicted octanol–water partition coefficient (Wildman–Crippen LogP) is 3.76. The van der Waals surface area contributed by atoms with Crippen molar-refractivity contribution in [1.29, 1.82) is 0 Å². The molecule has 4 rings (SSSR count). The van der Waals surface area contributed by atoms with E-state index in [1.165, 1.54) is 12.1 Å². The number of nitrogens with one attached hydrogen (secondary N) is 1. The topological polar surface area (TPSA) is 94.2 Å². The molecule has 0 aliphatic rings. The van der Waals surface area contributed by atoms with Gasteiger partial charge in [-0.25, -0.2) is 13.6 Å². The number of benzene rings is 3. The summed E-state index contributed by atoms with van der Waals surface area (Å²) >= 11 is 0. The van der Waals surface area contributed by atoms with E-state index < -0.39 is 15.6 Å². The second kappa shape index (κ2) is 8.94. The van der Waals surface area contributed by atoms with E-state index in [1.54, 1.807) is 12.1 Å². The molecule has 0 saturated carbocycles. The number of primary sulfonamides is 1. The highest BCUT2D eigenvalue weighted by atomic mass is 32.2. The number of rotatable bonds is 8. The largest absolute Gasteiger partial charge is 0.350 e. The summed E-state index contributed by atoms with van der Waals surface area (Å²) in [5.41, 5.74) is 2.57. The van der Waals surface area contributed by atoms with E-state index in [0.29, 0.717) is 18.5 Å². The number of hydrogen-bond donors (Lipinski definition) is 2. The summed E-state index contributed by atoms with van der Waals surface area (Å²) in [6, 6.07) is 24.1. The lowest BCUT2D eigenvalue weighted by atomic mass is 9.84. The molecule has 1 heterocycles. The first kappa shape index (κ1) is 22.9. The van der Waals surface area contributed by atoms with Crippen molar-refractivity contribution >= 4 is 26.7 Å². The van der Waals surface area contributed by atoms with Crippen molar-refractivity contribution in [1.82, 2.24) is 9.88 Å². The van der Waals surface area contributed by atoms with Gasteiger partial charge >= 0.3 is 0 Å². The van der Waals surface area contributed by atoms with Crippen molar-refractivity contribution in [2.24, 2.45) is 12.2 Å². The molecule has 1 aromatic heterocycles. The van der Waals surface area contributed by atoms with Gasteiger partial charge in [-0.1, -0.05) is 60.7 Å². The van der Waals surface area contributed by atoms with Crippen LogP contribution < -0.4 is 10.5 Å². The van der Waals surface area contributed by atoms with E-state index in [-0.39, 0.29) is 10.7 Å². The van der Waals surface area contributed by atoms with Crippen LogP contribution in [0.1, 0.15) is 28.4 Å². The Bertz CT molecular complexity index is 1390. The van der Waals surface area contributed by atoms with Crippen LogP contribution >= 0.6 is 0 Å². The molecule has 0 amide bonds. The number of aromatic nitrogens is 1. The molecule has 3 aromatic carbocycles. The molecule has 3 N–H and O–H groups in total. The van der Waals surface area contributed by atoms with Crippen molar-refractivity contribution in [3.05, 3.63) is 102 Å². The molecule has 0 radical (unpaired) electrons. The maximum atomic E-state index is 13.9. The number of para-hydroxylation sites is 1. The molecule has 0 bridgehead atoms. The van der Waals surface area contributed by atoms with Gasteiger partial charge in [-0.15, -0.1) is 0 Å². The Morgan fingerprint density at radius 3 is 2.27 bits per heavy atom. The first-order chi connectivity index (χ1) is 15.7. The van der Waals surface area contributed by atoms with Crippen molar-refractivity contribution in [2.45, 2.75) is 23.8 Å². The maximum absolute atomic E-state index is 13.9. The highest BCUT2D eigenvalue weighted by Crippen LogP contribution is 2.30. The summed E-state index contributed by atoms with van der Waals surface area (Å²) in [6.07, 6.45) is 2.51. The smallest absolute Gasteiger partial charge is 0.238 e. The van der Waals surface area contributed by atoms with E-state index in [9.17, 15) is 13.2 Å². The zero-order valence-electron chi connectivity index (χ0n) is 18.7. The lowest BCUT2D eigenvalue weighted by Crippen LogP contribution is -2.47. The number of nitrogens with two attached hydrogens (primary N) is 1. The molecule has 1 unspecified atom stereocenters. The minimum atomic E-state index is -3.72. The maximum Gasteiger partial charge on any atom is 0.238 e. The first-order valence-electron chi connectivity index (χ1n) is 10.7. The Balaban J connectivity index is 1.62. The number of ketones is 1. The fourth-order valence-corrected chi connectivity index (χ4v) is 4.69. The number of sulfonamides is 1. The third kappa shape index (κ3) is 4.61. The molecule has 33 heavy (non-hydrogen) atoms. The molecule has 170 valence electrons. The summed E-state index contributed by atoms with van der Waals surface area (Å²) in [5.74, 6) is -0.00456. The normalized spacial score (nSPS) is 13.7. The van der Waals surface area contributed by atoms with Crippen molar-refractivity contribution in [2.75, 3.05) is 6.54 Å². The van der Waals surface area contributed by atoms with Gasteiger partial charge in [-0.05, 0) is 42.7 Å². The lowest BCUT2D eigenvalue weighted by Gasteiger charge is -2.30. The van der Waals surface area contributed by atoms with E-state index in [2.05, 4.69) is 5.32 Å². The highest BCUT2D eigenvalue weighted by molar-refractivity contribution is 7.89. The Kier molecular flexibility index (Phi) is 6.21. The van der Waals surface area contributed by atoms with Crippen LogP contribution in [0, 0.1) is 0 Å². The minimum Gasteiger partial charge on any atom is -0.350 e. The van der Waals surface area contributed by atoms with Crippen LogP contribution in [0.3, 0.4) is 0 Å². The number of carbonyl (C=O) groups is 1. The quantitative estimate of drug-likeness (QED) is 0.391. The predicted molar refractivity (Wildman–Crippen MR) is 131 cm³/mol. The average Bonchev–Trinajstić information content (AvgIpc) is 3.15. The number of aryl methyl sites for hydroxylation is 1. The Morgan fingerprint density at radius 1 is 0.970 bits per heavy atom. The fourth-order valence-electron chi connectivity index (χ4n) is 4.18. The van der Waals surface area contributed by atoms with Gasteiger partial charge in [0.15, 0.2) is 5.78 Å². The molecule has 6 nitrogen and oxygen atoms in total. The Morgan fingerprint density at radius 2 is 1.61 bits per heavy atom. The second-order valence-corrected chi connectivity index (χ2v) is 9.92. The monoisotopic (exact) mass is 461 g/mol. The second-order valence-electron chi connectivity index (χ2n) is 8.36. The number of carbonyl (C=O) groups excluding carboxylic acids is 1. The van der Waals surface area contributed by atoms with Gasteiger partial charge in [0.25, 0.3) is 0 Å². The van der Waals surface area contributed by atoms with Crippen molar-refractivity contribution in [3.63, 3.8) is 0 Å². The van der Waals surface area contributed by atoms with Gasteiger partial charge in [0.05, 0.1) is 4.90 Å². The van der Waals surface area contributed by atoms with Crippen LogP contribution in [-0.4, -0.2) is 25.3 Å². The molecule has 1 atom stereocenters. The molecule has 0 fully saturated rings. The standard InChI is InChI=1S/C26H27N3O3S/c1-26(20-8-4-3-5-9-20,25(30)23-18-29(2)24-11-7-6-10-22(23)24)28-17-16-19-12-14-21(15-13-19)33(27,31)32/h3-15,18,28H,16-17H2,1-2H3,(H2,27,31,32). The Labute approximate surface area is 194 Å². The van der Waals surface area contributed by atoms with Crippen LogP contribution in [0.15, 0.2) is 90.0 Å². The van der Waals surface area contributed by atoms with Gasteiger partial charge in [0.2, 0.25) is 10.0 Å². The molecule has 0 spiro atoms. The third-order valence-corrected chi connectivity index (χ3v) is 7.02. The fraction of sp³-hybridized carbons (Fsp3) is 0.192. The lowest BCUT2D eigenvalue weighted by molar-refractivity contribution is 0.0866. The molecule has 0 aliphatic carbocycles. The van der Waals surface area contributed by atoms with Crippen molar-refractivity contribution < 1.29 is 13.2 Å². The minimum absolute atomic E-state index is 0.00456. The van der Waals surface area contributed by atoms with E-state index >= 15 is 0 Å². The number of fused-ring (bicyclic) bond motifs is 1. The summed E-state index contributed by atoms with van der Waals surface area (Å²) in [6.45, 7) is 2.44. The van der Waals surface area contributed by atoms with E-state index in [1.807, 2.05) is 79.3 Å². The summed E-state index contributed by atoms with van der Waals surface area (Å²) in [4.78, 5) is 14.0. The number of hydrogen-bond acceptors (Lipinski definition) is 4. The zero-order chi connectivity index (χ0) is 23.6. The van der Waals surface area contributed by atoms with Crippen LogP contribution in [0.25, 0.3) is 10.9 Å². The van der Waals surface area contributed by atoms with E-state index in [4.69, 9.17) is 5.14 Å². The zero-order valence-corrected chi connectivity index (χ0v) is 19.5. The summed E-state index contributed by atoms with van der Waals surface area (Å²) < 4.78 is 24.9. The summed E-state index contributed by atoms with van der Waals surface area (Å²) in [7, 11) is -1.78. The van der Waals surface area contributed by atoms with Gasteiger partial charge < -0.3 is 9.88 Å². The third-order valence-electron chi connectivity index (χ3n) is 6.09. The van der Waals surface area contributed by atoms with E-state index in [0.717, 1.165) is 22.0 Å². The molecular weight excluding hydrogens is 434 g/mol. The van der Waals surface area contributed by atoms with Gasteiger partial charge in [0.1, 0.15) is 5.54 Å². The molecule has 4 aromatic rings. The molecule has 0 aliphatic heterocycles. The molecular formula is C26H27N3O3S. The van der Waals surface area contributed by atoms with Gasteiger partial charge in [-0.3, -0.25) is 4.79 Å². The van der Waals surface area contributed by atoms with Gasteiger partial charge in [0, 0.05) is 36.3 Å². The number of nitrogens with zero attached hydrogens (tertiary/aromatic N) is 1. The summed E-state index contributed by atoms with van der Waals surface area (Å²) in [5, 5.41) is 9.58. The van der Waals surface area contributed by atoms with Crippen LogP contribution in [0.4, 0.5) is 0 Å². The van der Waals surface area contributed by atoms with Crippen LogP contribution in [0.2, 0.25) is 0 Å². The van der Waals surface area contributed by atoms with Gasteiger partial charge in [-0.2, -0.15) is 0 Å². The van der Waals surface area contributed by atoms with Crippen LogP contribution in [0.5, 0.6) is 0 Å². The number of Topliss-reactive ketones (excluding diaryl/α,β-unsaturated/α-hetero) is 1. The average molecular weight is 462 g/mol. The van der Waals surface area contributed by atoms with Crippen molar-refractivity contribution in [3.8, 4) is 0 Å². The van der Waals surface area contributed by atoms with Crippen LogP contribution in [-0.2, 0) is 29.0 Å². The Hall–Kier alpha value is -3.26.